The molecule has 0 aromatic rings. The number of halogens is 1. The molecule has 0 radical (unpaired) electrons. The Morgan fingerprint density at radius 3 is 2.50 bits per heavy atom. The topological polar surface area (TPSA) is 3.24 Å². The molecule has 0 unspecified atom stereocenters. The summed E-state index contributed by atoms with van der Waals surface area (Å²) in [5.74, 6) is 0.977. The van der Waals surface area contributed by atoms with Crippen LogP contribution >= 0.6 is 22.6 Å². The van der Waals surface area contributed by atoms with E-state index in [2.05, 4.69) is 34.4 Å². The van der Waals surface area contributed by atoms with Gasteiger partial charge >= 0.3 is 0 Å². The highest BCUT2D eigenvalue weighted by atomic mass is 127. The maximum absolute atomic E-state index is 2.58. The number of nitrogens with zero attached hydrogens (tertiary/aromatic N) is 1. The maximum atomic E-state index is 2.58. The van der Waals surface area contributed by atoms with Crippen molar-refractivity contribution in [3.63, 3.8) is 0 Å². The molecule has 1 nitrogen and oxygen atoms in total. The van der Waals surface area contributed by atoms with Gasteiger partial charge in [0.15, 0.2) is 0 Å². The molecule has 2 heteroatoms. The lowest BCUT2D eigenvalue weighted by molar-refractivity contribution is 0.204. The predicted octanol–water partition coefficient (Wildman–Crippen LogP) is 2.15. The van der Waals surface area contributed by atoms with Crippen molar-refractivity contribution in [2.45, 2.75) is 19.8 Å². The first kappa shape index (κ1) is 8.78. The van der Waals surface area contributed by atoms with Gasteiger partial charge in [-0.3, -0.25) is 0 Å². The first-order valence-corrected chi connectivity index (χ1v) is 5.64. The average Bonchev–Trinajstić information content (AvgIpc) is 1.95. The molecule has 1 saturated heterocycles. The molecule has 1 fully saturated rings. The molecule has 1 rings (SSSR count). The minimum atomic E-state index is 0.977. The van der Waals surface area contributed by atoms with Gasteiger partial charge in [0.05, 0.1) is 0 Å². The maximum Gasteiger partial charge on any atom is 0.0123 e. The Hall–Kier alpha value is 0.690. The monoisotopic (exact) mass is 253 g/mol. The second-order valence-corrected chi connectivity index (χ2v) is 4.29. The number of hydrogen-bond acceptors (Lipinski definition) is 1. The minimum Gasteiger partial charge on any atom is -0.303 e. The van der Waals surface area contributed by atoms with Crippen LogP contribution in [-0.4, -0.2) is 29.0 Å². The molecule has 0 aromatic heterocycles. The summed E-state index contributed by atoms with van der Waals surface area (Å²) in [7, 11) is 0. The molecule has 0 atom stereocenters. The van der Waals surface area contributed by atoms with Gasteiger partial charge in [0.1, 0.15) is 0 Å². The summed E-state index contributed by atoms with van der Waals surface area (Å²) < 4.78 is 1.28. The van der Waals surface area contributed by atoms with E-state index in [9.17, 15) is 0 Å². The van der Waals surface area contributed by atoms with Crippen LogP contribution in [0.5, 0.6) is 0 Å². The van der Waals surface area contributed by atoms with Crippen molar-refractivity contribution in [2.75, 3.05) is 24.1 Å². The molecule has 0 amide bonds. The Balaban J connectivity index is 2.13. The smallest absolute Gasteiger partial charge is 0.0123 e. The molecule has 0 aliphatic carbocycles. The Morgan fingerprint density at radius 2 is 2.00 bits per heavy atom. The van der Waals surface area contributed by atoms with Gasteiger partial charge < -0.3 is 4.90 Å². The third-order valence-electron chi connectivity index (χ3n) is 2.28. The number of hydrogen-bond donors (Lipinski definition) is 0. The van der Waals surface area contributed by atoms with E-state index in [0.717, 1.165) is 5.92 Å². The first-order valence-electron chi connectivity index (χ1n) is 4.11. The summed E-state index contributed by atoms with van der Waals surface area (Å²) >= 11 is 2.45. The van der Waals surface area contributed by atoms with Crippen molar-refractivity contribution in [3.8, 4) is 0 Å². The first-order chi connectivity index (χ1) is 4.83. The largest absolute Gasteiger partial charge is 0.303 e. The standard InChI is InChI=1S/C8H16IN/c1-8-2-5-10(6-3-8)7-4-9/h8H,2-7H2,1H3. The number of piperidine rings is 1. The second-order valence-electron chi connectivity index (χ2n) is 3.21. The molecule has 1 aliphatic rings. The second kappa shape index (κ2) is 4.54. The van der Waals surface area contributed by atoms with Gasteiger partial charge in [-0.15, -0.1) is 0 Å². The molecule has 0 N–H and O–H groups in total. The lowest BCUT2D eigenvalue weighted by Crippen LogP contribution is -2.34. The van der Waals surface area contributed by atoms with Crippen LogP contribution in [0.1, 0.15) is 19.8 Å². The quantitative estimate of drug-likeness (QED) is 0.538. The molecule has 0 aromatic carbocycles. The number of alkyl halides is 1. The van der Waals surface area contributed by atoms with E-state index >= 15 is 0 Å². The molecule has 60 valence electrons. The van der Waals surface area contributed by atoms with Gasteiger partial charge in [0.25, 0.3) is 0 Å². The molecule has 0 spiro atoms. The van der Waals surface area contributed by atoms with E-state index in [1.165, 1.54) is 36.9 Å². The van der Waals surface area contributed by atoms with Crippen LogP contribution in [0.15, 0.2) is 0 Å². The van der Waals surface area contributed by atoms with Crippen LogP contribution in [-0.2, 0) is 0 Å². The third-order valence-corrected chi connectivity index (χ3v) is 2.76. The van der Waals surface area contributed by atoms with E-state index < -0.39 is 0 Å². The van der Waals surface area contributed by atoms with Crippen molar-refractivity contribution >= 4 is 22.6 Å². The van der Waals surface area contributed by atoms with Crippen LogP contribution in [0.2, 0.25) is 0 Å². The van der Waals surface area contributed by atoms with Crippen LogP contribution in [0.3, 0.4) is 0 Å². The van der Waals surface area contributed by atoms with Crippen LogP contribution in [0.4, 0.5) is 0 Å². The number of likely N-dealkylation sites (tertiary alicyclic amines) is 1. The summed E-state index contributed by atoms with van der Waals surface area (Å²) in [5, 5.41) is 0. The summed E-state index contributed by atoms with van der Waals surface area (Å²) in [4.78, 5) is 2.58. The lowest BCUT2D eigenvalue weighted by atomic mass is 9.99. The summed E-state index contributed by atoms with van der Waals surface area (Å²) in [6.45, 7) is 6.34. The van der Waals surface area contributed by atoms with Crippen LogP contribution in [0.25, 0.3) is 0 Å². The van der Waals surface area contributed by atoms with E-state index in [-0.39, 0.29) is 0 Å². The van der Waals surface area contributed by atoms with Crippen molar-refractivity contribution in [1.29, 1.82) is 0 Å². The number of rotatable bonds is 2. The fourth-order valence-corrected chi connectivity index (χ4v) is 2.09. The fourth-order valence-electron chi connectivity index (χ4n) is 1.41. The SMILES string of the molecule is CC1CCN(CCI)CC1. The average molecular weight is 253 g/mol. The van der Waals surface area contributed by atoms with Crippen LogP contribution < -0.4 is 0 Å². The Kier molecular flexibility index (Phi) is 3.99. The molecule has 0 saturated carbocycles. The normalized spacial score (nSPS) is 23.4. The van der Waals surface area contributed by atoms with Crippen molar-refractivity contribution in [1.82, 2.24) is 4.90 Å². The summed E-state index contributed by atoms with van der Waals surface area (Å²) in [6, 6.07) is 0. The van der Waals surface area contributed by atoms with Gasteiger partial charge in [-0.05, 0) is 31.8 Å². The summed E-state index contributed by atoms with van der Waals surface area (Å²) in [5.41, 5.74) is 0. The zero-order valence-electron chi connectivity index (χ0n) is 6.65. The van der Waals surface area contributed by atoms with E-state index in [1.807, 2.05) is 0 Å². The minimum absolute atomic E-state index is 0.977. The van der Waals surface area contributed by atoms with E-state index in [1.54, 1.807) is 0 Å². The van der Waals surface area contributed by atoms with Gasteiger partial charge in [0.2, 0.25) is 0 Å². The zero-order valence-corrected chi connectivity index (χ0v) is 8.80. The van der Waals surface area contributed by atoms with E-state index in [0.29, 0.717) is 0 Å². The highest BCUT2D eigenvalue weighted by Gasteiger charge is 2.13. The highest BCUT2D eigenvalue weighted by molar-refractivity contribution is 14.1. The van der Waals surface area contributed by atoms with Crippen molar-refractivity contribution in [3.05, 3.63) is 0 Å². The molecule has 0 bridgehead atoms. The zero-order chi connectivity index (χ0) is 7.40. The highest BCUT2D eigenvalue weighted by Crippen LogP contribution is 2.15. The van der Waals surface area contributed by atoms with Crippen LogP contribution in [0, 0.1) is 5.92 Å². The Morgan fingerprint density at radius 1 is 1.40 bits per heavy atom. The van der Waals surface area contributed by atoms with Gasteiger partial charge in [-0.1, -0.05) is 29.5 Å². The third kappa shape index (κ3) is 2.74. The molecule has 10 heavy (non-hydrogen) atoms. The van der Waals surface area contributed by atoms with Crippen molar-refractivity contribution < 1.29 is 0 Å². The fraction of sp³-hybridized carbons (Fsp3) is 1.00. The Labute approximate surface area is 77.3 Å². The molecular weight excluding hydrogens is 237 g/mol. The van der Waals surface area contributed by atoms with Gasteiger partial charge in [0, 0.05) is 11.0 Å². The molecular formula is C8H16IN. The summed E-state index contributed by atoms with van der Waals surface area (Å²) in [6.07, 6.45) is 2.83. The lowest BCUT2D eigenvalue weighted by Gasteiger charge is -2.29. The van der Waals surface area contributed by atoms with E-state index in [4.69, 9.17) is 0 Å². The van der Waals surface area contributed by atoms with Gasteiger partial charge in [-0.2, -0.15) is 0 Å². The van der Waals surface area contributed by atoms with Crippen molar-refractivity contribution in [2.24, 2.45) is 5.92 Å². The molecule has 1 heterocycles. The predicted molar refractivity (Wildman–Crippen MR) is 53.7 cm³/mol. The van der Waals surface area contributed by atoms with Gasteiger partial charge in [-0.25, -0.2) is 0 Å². The molecule has 1 aliphatic heterocycles. The Bertz CT molecular complexity index is 87.3.